The molecule has 0 fully saturated rings. The fraction of sp³-hybridized carbons (Fsp3) is 0.370. The van der Waals surface area contributed by atoms with Gasteiger partial charge in [0.2, 0.25) is 0 Å². The van der Waals surface area contributed by atoms with Crippen LogP contribution in [0.5, 0.6) is 0 Å². The summed E-state index contributed by atoms with van der Waals surface area (Å²) < 4.78 is 5.39. The molecule has 4 aliphatic rings. The Morgan fingerprint density at radius 3 is 2.57 bits per heavy atom. The number of esters is 1. The molecule has 0 saturated heterocycles. The van der Waals surface area contributed by atoms with E-state index in [4.69, 9.17) is 4.74 Å². The van der Waals surface area contributed by atoms with E-state index in [1.165, 1.54) is 22.4 Å². The van der Waals surface area contributed by atoms with Gasteiger partial charge >= 0.3 is 5.97 Å². The van der Waals surface area contributed by atoms with Gasteiger partial charge in [-0.3, -0.25) is 0 Å². The van der Waals surface area contributed by atoms with Crippen LogP contribution in [0.1, 0.15) is 64.7 Å². The van der Waals surface area contributed by atoms with Crippen LogP contribution in [0.25, 0.3) is 0 Å². The van der Waals surface area contributed by atoms with Crippen LogP contribution in [0.15, 0.2) is 66.8 Å². The van der Waals surface area contributed by atoms with Crippen molar-refractivity contribution in [1.82, 2.24) is 0 Å². The summed E-state index contributed by atoms with van der Waals surface area (Å²) in [6.45, 7) is 3.36. The second kappa shape index (κ2) is 6.87. The third kappa shape index (κ3) is 2.54. The lowest BCUT2D eigenvalue weighted by molar-refractivity contribution is 0.0526. The molecule has 152 valence electrons. The minimum atomic E-state index is -0.198. The molecule has 2 aromatic carbocycles. The van der Waals surface area contributed by atoms with E-state index in [2.05, 4.69) is 71.7 Å². The van der Waals surface area contributed by atoms with Gasteiger partial charge in [-0.25, -0.2) is 4.79 Å². The van der Waals surface area contributed by atoms with Gasteiger partial charge < -0.3 is 9.64 Å². The van der Waals surface area contributed by atoms with Gasteiger partial charge in [0.05, 0.1) is 18.2 Å². The van der Waals surface area contributed by atoms with Crippen molar-refractivity contribution in [1.29, 1.82) is 0 Å². The standard InChI is InChI=1S/C27H27NO2/c1-2-30-27(29)19-14-23-20-11-6-10-18(20)16-28-25(17-8-4-3-5-9-17)22-13-7-12-21(22)24(15-19)26(23)28/h3-9,11-12,14-15,18,20-22,25H,2,10,13,16H2,1H3/t18-,20-,21-,22+,25-/m0/s1. The zero-order valence-electron chi connectivity index (χ0n) is 17.3. The molecule has 2 heterocycles. The van der Waals surface area contributed by atoms with Gasteiger partial charge in [0, 0.05) is 24.1 Å². The number of carbonyl (C=O) groups excluding carboxylic acids is 1. The maximum atomic E-state index is 12.7. The number of anilines is 1. The van der Waals surface area contributed by atoms with Crippen LogP contribution in [0, 0.1) is 11.8 Å². The second-order valence-corrected chi connectivity index (χ2v) is 9.03. The Morgan fingerprint density at radius 2 is 1.77 bits per heavy atom. The molecule has 5 atom stereocenters. The van der Waals surface area contributed by atoms with Crippen molar-refractivity contribution in [3.63, 3.8) is 0 Å². The monoisotopic (exact) mass is 397 g/mol. The molecule has 0 amide bonds. The summed E-state index contributed by atoms with van der Waals surface area (Å²) in [4.78, 5) is 15.4. The third-order valence-corrected chi connectivity index (χ3v) is 7.50. The van der Waals surface area contributed by atoms with Gasteiger partial charge in [0.1, 0.15) is 0 Å². The summed E-state index contributed by atoms with van der Waals surface area (Å²) in [5.41, 5.74) is 6.13. The van der Waals surface area contributed by atoms with Gasteiger partial charge in [-0.1, -0.05) is 54.6 Å². The quantitative estimate of drug-likeness (QED) is 0.487. The van der Waals surface area contributed by atoms with Crippen molar-refractivity contribution < 1.29 is 9.53 Å². The van der Waals surface area contributed by atoms with E-state index < -0.39 is 0 Å². The molecular formula is C27H27NO2. The molecule has 0 saturated carbocycles. The Morgan fingerprint density at radius 1 is 1.03 bits per heavy atom. The van der Waals surface area contributed by atoms with Crippen molar-refractivity contribution in [2.24, 2.45) is 11.8 Å². The van der Waals surface area contributed by atoms with Crippen molar-refractivity contribution in [3.8, 4) is 0 Å². The lowest BCUT2D eigenvalue weighted by atomic mass is 9.70. The van der Waals surface area contributed by atoms with E-state index in [-0.39, 0.29) is 5.97 Å². The Balaban J connectivity index is 1.57. The summed E-state index contributed by atoms with van der Waals surface area (Å²) >= 11 is 0. The molecular weight excluding hydrogens is 370 g/mol. The minimum absolute atomic E-state index is 0.198. The zero-order chi connectivity index (χ0) is 20.2. The molecule has 2 aliphatic carbocycles. The summed E-state index contributed by atoms with van der Waals surface area (Å²) in [6, 6.07) is 15.6. The average molecular weight is 398 g/mol. The lowest BCUT2D eigenvalue weighted by Gasteiger charge is -2.51. The third-order valence-electron chi connectivity index (χ3n) is 7.50. The molecule has 0 spiro atoms. The average Bonchev–Trinajstić information content (AvgIpc) is 3.44. The molecule has 3 nitrogen and oxygen atoms in total. The predicted octanol–water partition coefficient (Wildman–Crippen LogP) is 5.76. The SMILES string of the molecule is CCOC(=O)c1cc2c3c(c1)[C@H]1C=CC[C@H]1[C@H](c1ccccc1)N3C[C@@H]1CC=C[C@H]21. The number of benzene rings is 2. The van der Waals surface area contributed by atoms with Crippen LogP contribution < -0.4 is 4.90 Å². The fourth-order valence-corrected chi connectivity index (χ4v) is 6.34. The minimum Gasteiger partial charge on any atom is -0.462 e. The van der Waals surface area contributed by atoms with Crippen LogP contribution >= 0.6 is 0 Å². The summed E-state index contributed by atoms with van der Waals surface area (Å²) in [5.74, 6) is 1.66. The Kier molecular flexibility index (Phi) is 4.12. The van der Waals surface area contributed by atoms with Crippen LogP contribution in [-0.2, 0) is 4.74 Å². The Labute approximate surface area is 178 Å². The van der Waals surface area contributed by atoms with Gasteiger partial charge in [0.15, 0.2) is 0 Å². The number of allylic oxidation sites excluding steroid dienone is 4. The number of ether oxygens (including phenoxy) is 1. The lowest BCUT2D eigenvalue weighted by Crippen LogP contribution is -2.46. The van der Waals surface area contributed by atoms with Crippen molar-refractivity contribution >= 4 is 11.7 Å². The molecule has 0 bridgehead atoms. The molecule has 30 heavy (non-hydrogen) atoms. The van der Waals surface area contributed by atoms with Gasteiger partial charge in [-0.05, 0) is 60.4 Å². The molecule has 0 aromatic heterocycles. The number of fused-ring (bicyclic) bond motifs is 4. The maximum absolute atomic E-state index is 12.7. The molecule has 3 heteroatoms. The summed E-state index contributed by atoms with van der Waals surface area (Å²) in [7, 11) is 0. The van der Waals surface area contributed by atoms with Crippen molar-refractivity contribution in [2.75, 3.05) is 18.1 Å². The molecule has 0 radical (unpaired) electrons. The van der Waals surface area contributed by atoms with Crippen LogP contribution in [0.2, 0.25) is 0 Å². The first-order valence-corrected chi connectivity index (χ1v) is 11.3. The highest BCUT2D eigenvalue weighted by Crippen LogP contribution is 2.58. The number of nitrogens with zero attached hydrogens (tertiary/aromatic N) is 1. The number of hydrogen-bond donors (Lipinski definition) is 0. The highest BCUT2D eigenvalue weighted by molar-refractivity contribution is 5.92. The van der Waals surface area contributed by atoms with E-state index in [9.17, 15) is 4.79 Å². The molecule has 2 aliphatic heterocycles. The zero-order valence-corrected chi connectivity index (χ0v) is 17.3. The van der Waals surface area contributed by atoms with Crippen molar-refractivity contribution in [2.45, 2.75) is 37.6 Å². The van der Waals surface area contributed by atoms with Gasteiger partial charge in [0.25, 0.3) is 0 Å². The summed E-state index contributed by atoms with van der Waals surface area (Å²) in [5, 5.41) is 0. The van der Waals surface area contributed by atoms with Crippen LogP contribution in [0.4, 0.5) is 5.69 Å². The molecule has 0 N–H and O–H groups in total. The molecule has 6 rings (SSSR count). The van der Waals surface area contributed by atoms with Gasteiger partial charge in [-0.15, -0.1) is 0 Å². The largest absolute Gasteiger partial charge is 0.462 e. The first-order valence-electron chi connectivity index (χ1n) is 11.3. The Bertz CT molecular complexity index is 1040. The van der Waals surface area contributed by atoms with Crippen molar-refractivity contribution in [3.05, 3.63) is 89.0 Å². The van der Waals surface area contributed by atoms with E-state index in [1.807, 2.05) is 6.92 Å². The van der Waals surface area contributed by atoms with Gasteiger partial charge in [-0.2, -0.15) is 0 Å². The normalized spacial score (nSPS) is 30.0. The summed E-state index contributed by atoms with van der Waals surface area (Å²) in [6.07, 6.45) is 11.6. The predicted molar refractivity (Wildman–Crippen MR) is 119 cm³/mol. The van der Waals surface area contributed by atoms with E-state index in [1.54, 1.807) is 0 Å². The maximum Gasteiger partial charge on any atom is 0.338 e. The van der Waals surface area contributed by atoms with E-state index >= 15 is 0 Å². The topological polar surface area (TPSA) is 29.5 Å². The highest BCUT2D eigenvalue weighted by Gasteiger charge is 2.48. The van der Waals surface area contributed by atoms with E-state index in [0.29, 0.717) is 41.9 Å². The first kappa shape index (κ1) is 18.0. The fourth-order valence-electron chi connectivity index (χ4n) is 6.34. The number of hydrogen-bond acceptors (Lipinski definition) is 3. The van der Waals surface area contributed by atoms with E-state index in [0.717, 1.165) is 19.4 Å². The number of carbonyl (C=O) groups is 1. The van der Waals surface area contributed by atoms with Crippen LogP contribution in [-0.4, -0.2) is 19.1 Å². The second-order valence-electron chi connectivity index (χ2n) is 9.03. The van der Waals surface area contributed by atoms with Crippen LogP contribution in [0.3, 0.4) is 0 Å². The smallest absolute Gasteiger partial charge is 0.338 e. The molecule has 0 unspecified atom stereocenters. The number of rotatable bonds is 3. The Hall–Kier alpha value is -2.81. The molecule has 2 aromatic rings. The first-order chi connectivity index (χ1) is 14.8. The highest BCUT2D eigenvalue weighted by atomic mass is 16.5.